The lowest BCUT2D eigenvalue weighted by Gasteiger charge is -2.28. The molecule has 0 spiro atoms. The number of nitrogens with one attached hydrogen (secondary N) is 2. The van der Waals surface area contributed by atoms with Gasteiger partial charge in [0.2, 0.25) is 5.91 Å². The zero-order valence-corrected chi connectivity index (χ0v) is 12.9. The summed E-state index contributed by atoms with van der Waals surface area (Å²) in [5, 5.41) is 17.5. The Bertz CT molecular complexity index is 503. The Hall–Kier alpha value is -1.47. The number of nitrogens with zero attached hydrogens (tertiary/aromatic N) is 1. The largest absolute Gasteiger partial charge is 0.481 e. The first-order valence-corrected chi connectivity index (χ1v) is 8.09. The van der Waals surface area contributed by atoms with Gasteiger partial charge in [-0.3, -0.25) is 9.59 Å². The highest BCUT2D eigenvalue weighted by molar-refractivity contribution is 7.13. The van der Waals surface area contributed by atoms with Crippen molar-refractivity contribution in [2.24, 2.45) is 11.8 Å². The average molecular weight is 311 g/mol. The number of hydrogen-bond donors (Lipinski definition) is 3. The zero-order valence-electron chi connectivity index (χ0n) is 12.1. The molecule has 1 saturated carbocycles. The van der Waals surface area contributed by atoms with Crippen molar-refractivity contribution in [3.8, 4) is 0 Å². The summed E-state index contributed by atoms with van der Waals surface area (Å²) in [4.78, 5) is 27.1. The number of rotatable bonds is 6. The van der Waals surface area contributed by atoms with Crippen molar-refractivity contribution < 1.29 is 14.7 Å². The minimum Gasteiger partial charge on any atom is -0.481 e. The third kappa shape index (κ3) is 4.78. The van der Waals surface area contributed by atoms with Gasteiger partial charge in [-0.2, -0.15) is 0 Å². The van der Waals surface area contributed by atoms with Crippen molar-refractivity contribution >= 4 is 28.3 Å². The maximum atomic E-state index is 11.8. The third-order valence-electron chi connectivity index (χ3n) is 3.78. The Labute approximate surface area is 128 Å². The number of thiazole rings is 1. The fraction of sp³-hybridized carbons (Fsp3) is 0.643. The highest BCUT2D eigenvalue weighted by Gasteiger charge is 2.30. The second kappa shape index (κ2) is 7.51. The van der Waals surface area contributed by atoms with Gasteiger partial charge < -0.3 is 15.7 Å². The molecule has 1 heterocycles. The van der Waals surface area contributed by atoms with E-state index in [0.717, 1.165) is 31.4 Å². The summed E-state index contributed by atoms with van der Waals surface area (Å²) in [5.41, 5.74) is 0.884. The van der Waals surface area contributed by atoms with Crippen molar-refractivity contribution in [2.45, 2.75) is 32.6 Å². The van der Waals surface area contributed by atoms with Crippen molar-refractivity contribution in [1.29, 1.82) is 0 Å². The van der Waals surface area contributed by atoms with Crippen LogP contribution >= 0.6 is 11.3 Å². The molecular weight excluding hydrogens is 290 g/mol. The molecule has 1 aromatic heterocycles. The van der Waals surface area contributed by atoms with Crippen LogP contribution in [0, 0.1) is 18.8 Å². The Kier molecular flexibility index (Phi) is 5.69. The van der Waals surface area contributed by atoms with Gasteiger partial charge in [0.1, 0.15) is 0 Å². The lowest BCUT2D eigenvalue weighted by molar-refractivity contribution is -0.144. The van der Waals surface area contributed by atoms with Crippen LogP contribution in [0.15, 0.2) is 5.38 Å². The summed E-state index contributed by atoms with van der Waals surface area (Å²) in [6.07, 6.45) is 3.71. The Morgan fingerprint density at radius 3 is 2.86 bits per heavy atom. The lowest BCUT2D eigenvalue weighted by atomic mass is 9.79. The minimum absolute atomic E-state index is 0.117. The van der Waals surface area contributed by atoms with E-state index < -0.39 is 5.97 Å². The smallest absolute Gasteiger partial charge is 0.306 e. The van der Waals surface area contributed by atoms with Gasteiger partial charge >= 0.3 is 5.97 Å². The number of aromatic nitrogens is 1. The number of carbonyl (C=O) groups is 2. The van der Waals surface area contributed by atoms with Gasteiger partial charge in [0, 0.05) is 5.38 Å². The number of carboxylic acid groups (broad SMARTS) is 1. The predicted octanol–water partition coefficient (Wildman–Crippen LogP) is 1.87. The lowest BCUT2D eigenvalue weighted by Crippen LogP contribution is -2.37. The van der Waals surface area contributed by atoms with Gasteiger partial charge in [0.25, 0.3) is 0 Å². The molecule has 2 unspecified atom stereocenters. The maximum Gasteiger partial charge on any atom is 0.306 e. The SMILES string of the molecule is Cc1csc(NC(=O)CNCC2CCCCC2C(=O)O)n1. The highest BCUT2D eigenvalue weighted by Crippen LogP contribution is 2.29. The fourth-order valence-corrected chi connectivity index (χ4v) is 3.43. The van der Waals surface area contributed by atoms with E-state index in [1.807, 2.05) is 12.3 Å². The van der Waals surface area contributed by atoms with E-state index in [1.54, 1.807) is 0 Å². The van der Waals surface area contributed by atoms with Crippen LogP contribution in [0.1, 0.15) is 31.4 Å². The molecule has 0 aromatic carbocycles. The summed E-state index contributed by atoms with van der Waals surface area (Å²) in [6, 6.07) is 0. The number of carbonyl (C=O) groups excluding carboxylic acids is 1. The maximum absolute atomic E-state index is 11.8. The molecule has 1 aliphatic carbocycles. The summed E-state index contributed by atoms with van der Waals surface area (Å²) in [5.74, 6) is -1.03. The van der Waals surface area contributed by atoms with Crippen molar-refractivity contribution in [3.63, 3.8) is 0 Å². The number of carboxylic acids is 1. The molecule has 0 radical (unpaired) electrons. The van der Waals surface area contributed by atoms with E-state index in [9.17, 15) is 14.7 Å². The van der Waals surface area contributed by atoms with Crippen LogP contribution in [-0.2, 0) is 9.59 Å². The fourth-order valence-electron chi connectivity index (χ4n) is 2.72. The van der Waals surface area contributed by atoms with E-state index in [2.05, 4.69) is 15.6 Å². The predicted molar refractivity (Wildman–Crippen MR) is 81.4 cm³/mol. The number of hydrogen-bond acceptors (Lipinski definition) is 5. The number of aryl methyl sites for hydroxylation is 1. The number of amides is 1. The normalized spacial score (nSPS) is 22.0. The quantitative estimate of drug-likeness (QED) is 0.746. The van der Waals surface area contributed by atoms with E-state index in [1.165, 1.54) is 11.3 Å². The number of aliphatic carboxylic acids is 1. The molecule has 6 nitrogen and oxygen atoms in total. The summed E-state index contributed by atoms with van der Waals surface area (Å²) in [7, 11) is 0. The minimum atomic E-state index is -0.718. The van der Waals surface area contributed by atoms with Gasteiger partial charge in [0.05, 0.1) is 18.2 Å². The van der Waals surface area contributed by atoms with Gasteiger partial charge in [-0.15, -0.1) is 11.3 Å². The Balaban J connectivity index is 1.72. The molecule has 2 atom stereocenters. The highest BCUT2D eigenvalue weighted by atomic mass is 32.1. The third-order valence-corrected chi connectivity index (χ3v) is 4.66. The van der Waals surface area contributed by atoms with E-state index in [0.29, 0.717) is 11.7 Å². The molecular formula is C14H21N3O3S. The van der Waals surface area contributed by atoms with Crippen LogP contribution in [0.4, 0.5) is 5.13 Å². The first kappa shape index (κ1) is 15.9. The van der Waals surface area contributed by atoms with Crippen LogP contribution in [0.25, 0.3) is 0 Å². The summed E-state index contributed by atoms with van der Waals surface area (Å²) in [6.45, 7) is 2.63. The monoisotopic (exact) mass is 311 g/mol. The van der Waals surface area contributed by atoms with Gasteiger partial charge in [0.15, 0.2) is 5.13 Å². The van der Waals surface area contributed by atoms with E-state index in [-0.39, 0.29) is 24.3 Å². The van der Waals surface area contributed by atoms with Crippen LogP contribution in [0.2, 0.25) is 0 Å². The molecule has 7 heteroatoms. The molecule has 0 aliphatic heterocycles. The number of anilines is 1. The molecule has 1 aromatic rings. The van der Waals surface area contributed by atoms with Crippen LogP contribution in [0.3, 0.4) is 0 Å². The molecule has 3 N–H and O–H groups in total. The average Bonchev–Trinajstić information content (AvgIpc) is 2.84. The molecule has 1 aliphatic rings. The van der Waals surface area contributed by atoms with Crippen molar-refractivity contribution in [3.05, 3.63) is 11.1 Å². The molecule has 2 rings (SSSR count). The van der Waals surface area contributed by atoms with Crippen LogP contribution in [0.5, 0.6) is 0 Å². The second-order valence-corrected chi connectivity index (χ2v) is 6.32. The molecule has 1 fully saturated rings. The Morgan fingerprint density at radius 1 is 1.43 bits per heavy atom. The van der Waals surface area contributed by atoms with Gasteiger partial charge in [-0.05, 0) is 32.2 Å². The van der Waals surface area contributed by atoms with Gasteiger partial charge in [-0.1, -0.05) is 12.8 Å². The van der Waals surface area contributed by atoms with Crippen molar-refractivity contribution in [1.82, 2.24) is 10.3 Å². The zero-order chi connectivity index (χ0) is 15.2. The van der Waals surface area contributed by atoms with Crippen LogP contribution in [-0.4, -0.2) is 35.1 Å². The molecule has 0 bridgehead atoms. The van der Waals surface area contributed by atoms with E-state index >= 15 is 0 Å². The van der Waals surface area contributed by atoms with E-state index in [4.69, 9.17) is 0 Å². The molecule has 1 amide bonds. The summed E-state index contributed by atoms with van der Waals surface area (Å²) < 4.78 is 0. The molecule has 21 heavy (non-hydrogen) atoms. The second-order valence-electron chi connectivity index (χ2n) is 5.46. The first-order chi connectivity index (χ1) is 10.1. The van der Waals surface area contributed by atoms with Gasteiger partial charge in [-0.25, -0.2) is 4.98 Å². The summed E-state index contributed by atoms with van der Waals surface area (Å²) >= 11 is 1.40. The standard InChI is InChI=1S/C14H21N3O3S/c1-9-8-21-14(16-9)17-12(18)7-15-6-10-4-2-3-5-11(10)13(19)20/h8,10-11,15H,2-7H2,1H3,(H,19,20)(H,16,17,18). The van der Waals surface area contributed by atoms with Crippen LogP contribution < -0.4 is 10.6 Å². The topological polar surface area (TPSA) is 91.3 Å². The molecule has 0 saturated heterocycles. The first-order valence-electron chi connectivity index (χ1n) is 7.21. The van der Waals surface area contributed by atoms with Crippen molar-refractivity contribution in [2.75, 3.05) is 18.4 Å². The Morgan fingerprint density at radius 2 is 2.19 bits per heavy atom. The molecule has 116 valence electrons.